The lowest BCUT2D eigenvalue weighted by Gasteiger charge is -2.22. The topological polar surface area (TPSA) is 63.5 Å². The van der Waals surface area contributed by atoms with E-state index >= 15 is 0 Å². The maximum absolute atomic E-state index is 13.7. The zero-order valence-corrected chi connectivity index (χ0v) is 11.2. The van der Waals surface area contributed by atoms with Gasteiger partial charge in [0.2, 0.25) is 11.7 Å². The maximum Gasteiger partial charge on any atom is 0.328 e. The number of hydrogen-bond donors (Lipinski definition) is 0. The van der Waals surface area contributed by atoms with Gasteiger partial charge in [0.05, 0.1) is 11.0 Å². The highest BCUT2D eigenvalue weighted by atomic mass is 79.9. The minimum absolute atomic E-state index is 0.0971. The average Bonchev–Trinajstić information content (AvgIpc) is 2.68. The Morgan fingerprint density at radius 1 is 1.53 bits per heavy atom. The minimum atomic E-state index is -1.06. The molecule has 1 aromatic rings. The Labute approximate surface area is 115 Å². The number of amides is 1. The molecule has 0 saturated carbocycles. The molecular weight excluding hydrogens is 326 g/mol. The number of hydrogen-bond acceptors (Lipinski definition) is 3. The van der Waals surface area contributed by atoms with Gasteiger partial charge in [0.15, 0.2) is 0 Å². The third-order valence-electron chi connectivity index (χ3n) is 2.95. The molecule has 1 atom stereocenters. The predicted molar refractivity (Wildman–Crippen MR) is 67.2 cm³/mol. The van der Waals surface area contributed by atoms with Crippen LogP contribution in [0.1, 0.15) is 12.8 Å². The summed E-state index contributed by atoms with van der Waals surface area (Å²) in [5.74, 6) is -1.50. The van der Waals surface area contributed by atoms with Crippen molar-refractivity contribution in [3.05, 3.63) is 32.5 Å². The molecule has 1 heterocycles. The van der Waals surface area contributed by atoms with E-state index in [1.54, 1.807) is 0 Å². The second-order valence-electron chi connectivity index (χ2n) is 4.12. The van der Waals surface area contributed by atoms with Gasteiger partial charge in [0.25, 0.3) is 0 Å². The van der Waals surface area contributed by atoms with Crippen LogP contribution in [0.4, 0.5) is 20.2 Å². The highest BCUT2D eigenvalue weighted by molar-refractivity contribution is 9.10. The predicted octanol–water partition coefficient (Wildman–Crippen LogP) is 2.96. The van der Waals surface area contributed by atoms with Crippen molar-refractivity contribution in [3.63, 3.8) is 0 Å². The van der Waals surface area contributed by atoms with Crippen LogP contribution in [-0.4, -0.2) is 23.5 Å². The number of anilines is 1. The molecule has 1 aliphatic heterocycles. The Morgan fingerprint density at radius 3 is 2.79 bits per heavy atom. The molecule has 0 spiro atoms. The number of benzene rings is 1. The van der Waals surface area contributed by atoms with Gasteiger partial charge in [-0.3, -0.25) is 14.9 Å². The highest BCUT2D eigenvalue weighted by Gasteiger charge is 2.37. The van der Waals surface area contributed by atoms with Gasteiger partial charge in [-0.2, -0.15) is 4.39 Å². The number of rotatable bonds is 3. The molecule has 1 aliphatic rings. The smallest absolute Gasteiger partial charge is 0.301 e. The van der Waals surface area contributed by atoms with E-state index in [4.69, 9.17) is 0 Å². The number of alkyl halides is 1. The van der Waals surface area contributed by atoms with Crippen molar-refractivity contribution in [1.82, 2.24) is 0 Å². The van der Waals surface area contributed by atoms with E-state index in [0.717, 1.165) is 11.0 Å². The summed E-state index contributed by atoms with van der Waals surface area (Å²) in [5.41, 5.74) is -1.01. The van der Waals surface area contributed by atoms with Crippen LogP contribution in [-0.2, 0) is 4.79 Å². The largest absolute Gasteiger partial charge is 0.328 e. The zero-order chi connectivity index (χ0) is 14.2. The first-order chi connectivity index (χ1) is 8.95. The lowest BCUT2D eigenvalue weighted by atomic mass is 10.2. The summed E-state index contributed by atoms with van der Waals surface area (Å²) in [6, 6.07) is 1.42. The first-order valence-corrected chi connectivity index (χ1v) is 6.26. The summed E-state index contributed by atoms with van der Waals surface area (Å²) in [7, 11) is 0. The molecule has 2 rings (SSSR count). The van der Waals surface area contributed by atoms with E-state index < -0.39 is 35.1 Å². The summed E-state index contributed by atoms with van der Waals surface area (Å²) in [4.78, 5) is 22.7. The fourth-order valence-corrected chi connectivity index (χ4v) is 2.56. The Hall–Kier alpha value is -1.57. The molecule has 1 fully saturated rings. The van der Waals surface area contributed by atoms with Crippen molar-refractivity contribution < 1.29 is 18.5 Å². The molecule has 8 heteroatoms. The van der Waals surface area contributed by atoms with E-state index in [1.807, 2.05) is 0 Å². The Morgan fingerprint density at radius 2 is 2.21 bits per heavy atom. The molecule has 19 heavy (non-hydrogen) atoms. The Balaban J connectivity index is 2.60. The van der Waals surface area contributed by atoms with Crippen LogP contribution in [0, 0.1) is 15.9 Å². The van der Waals surface area contributed by atoms with Crippen molar-refractivity contribution in [2.24, 2.45) is 0 Å². The van der Waals surface area contributed by atoms with Gasteiger partial charge < -0.3 is 4.90 Å². The van der Waals surface area contributed by atoms with Gasteiger partial charge in [0.1, 0.15) is 12.4 Å². The second kappa shape index (κ2) is 5.20. The van der Waals surface area contributed by atoms with Crippen LogP contribution in [0.5, 0.6) is 0 Å². The number of nitrogens with zero attached hydrogens (tertiary/aromatic N) is 2. The molecule has 0 aliphatic carbocycles. The molecule has 0 N–H and O–H groups in total. The number of carbonyl (C=O) groups excluding carboxylic acids is 1. The second-order valence-corrected chi connectivity index (χ2v) is 5.04. The minimum Gasteiger partial charge on any atom is -0.301 e. The normalized spacial score (nSPS) is 19.0. The summed E-state index contributed by atoms with van der Waals surface area (Å²) in [6.45, 7) is -0.822. The summed E-state index contributed by atoms with van der Waals surface area (Å²) >= 11 is 3.01. The third-order valence-corrected chi connectivity index (χ3v) is 3.41. The molecule has 1 amide bonds. The first-order valence-electron chi connectivity index (χ1n) is 5.47. The molecule has 102 valence electrons. The molecule has 0 radical (unpaired) electrons. The number of halogens is 3. The summed E-state index contributed by atoms with van der Waals surface area (Å²) in [6.07, 6.45) is 0.362. The van der Waals surface area contributed by atoms with Crippen LogP contribution in [0.3, 0.4) is 0 Å². The van der Waals surface area contributed by atoms with E-state index in [0.29, 0.717) is 0 Å². The summed E-state index contributed by atoms with van der Waals surface area (Å²) < 4.78 is 26.8. The zero-order valence-electron chi connectivity index (χ0n) is 9.61. The van der Waals surface area contributed by atoms with Crippen LogP contribution >= 0.6 is 15.9 Å². The Kier molecular flexibility index (Phi) is 3.79. The van der Waals surface area contributed by atoms with Gasteiger partial charge in [0, 0.05) is 10.9 Å². The molecule has 1 unspecified atom stereocenters. The lowest BCUT2D eigenvalue weighted by molar-refractivity contribution is -0.386. The average molecular weight is 335 g/mol. The molecule has 1 aromatic carbocycles. The SMILES string of the molecule is O=C1CCC(CF)N1c1cc(Br)cc(F)c1[N+](=O)[O-]. The number of nitro groups is 1. The maximum atomic E-state index is 13.7. The van der Waals surface area contributed by atoms with Crippen molar-refractivity contribution in [1.29, 1.82) is 0 Å². The van der Waals surface area contributed by atoms with Gasteiger partial charge in [-0.1, -0.05) is 15.9 Å². The van der Waals surface area contributed by atoms with Crippen LogP contribution in [0.2, 0.25) is 0 Å². The van der Waals surface area contributed by atoms with Crippen LogP contribution in [0.15, 0.2) is 16.6 Å². The summed E-state index contributed by atoms with van der Waals surface area (Å²) in [5, 5.41) is 10.9. The van der Waals surface area contributed by atoms with Crippen LogP contribution in [0.25, 0.3) is 0 Å². The molecule has 1 saturated heterocycles. The highest BCUT2D eigenvalue weighted by Crippen LogP contribution is 2.38. The van der Waals surface area contributed by atoms with Gasteiger partial charge in [-0.15, -0.1) is 0 Å². The lowest BCUT2D eigenvalue weighted by Crippen LogP contribution is -2.35. The van der Waals surface area contributed by atoms with Crippen molar-refractivity contribution >= 4 is 33.2 Å². The molecular formula is C11H9BrF2N2O3. The fraction of sp³-hybridized carbons (Fsp3) is 0.364. The van der Waals surface area contributed by atoms with Crippen molar-refractivity contribution in [2.45, 2.75) is 18.9 Å². The van der Waals surface area contributed by atoms with E-state index in [1.165, 1.54) is 6.07 Å². The van der Waals surface area contributed by atoms with Gasteiger partial charge >= 0.3 is 5.69 Å². The fourth-order valence-electron chi connectivity index (χ4n) is 2.14. The standard InChI is InChI=1S/C11H9BrF2N2O3/c12-6-3-8(14)11(16(18)19)9(4-6)15-7(5-13)1-2-10(15)17/h3-4,7H,1-2,5H2. The van der Waals surface area contributed by atoms with E-state index in [-0.39, 0.29) is 23.0 Å². The Bertz CT molecular complexity index is 553. The van der Waals surface area contributed by atoms with E-state index in [9.17, 15) is 23.7 Å². The van der Waals surface area contributed by atoms with Crippen LogP contribution < -0.4 is 4.90 Å². The molecule has 5 nitrogen and oxygen atoms in total. The molecule has 0 aromatic heterocycles. The third kappa shape index (κ3) is 2.44. The monoisotopic (exact) mass is 334 g/mol. The van der Waals surface area contributed by atoms with Gasteiger partial charge in [-0.05, 0) is 18.6 Å². The van der Waals surface area contributed by atoms with Gasteiger partial charge in [-0.25, -0.2) is 4.39 Å². The quantitative estimate of drug-likeness (QED) is 0.630. The van der Waals surface area contributed by atoms with Crippen molar-refractivity contribution in [3.8, 4) is 0 Å². The van der Waals surface area contributed by atoms with Crippen molar-refractivity contribution in [2.75, 3.05) is 11.6 Å². The molecule has 0 bridgehead atoms. The number of carbonyl (C=O) groups is 1. The first kappa shape index (κ1) is 13.9. The van der Waals surface area contributed by atoms with E-state index in [2.05, 4.69) is 15.9 Å². The number of nitro benzene ring substituents is 1.